The molecule has 0 radical (unpaired) electrons. The second-order valence-corrected chi connectivity index (χ2v) is 7.10. The third kappa shape index (κ3) is 3.78. The first-order chi connectivity index (χ1) is 6.80. The lowest BCUT2D eigenvalue weighted by atomic mass is 10.1. The maximum Gasteiger partial charge on any atom is 0.256 e. The van der Waals surface area contributed by atoms with Crippen molar-refractivity contribution in [1.29, 1.82) is 0 Å². The van der Waals surface area contributed by atoms with E-state index in [1.54, 1.807) is 0 Å². The van der Waals surface area contributed by atoms with Crippen molar-refractivity contribution in [2.24, 2.45) is 5.92 Å². The Bertz CT molecular complexity index is 337. The van der Waals surface area contributed by atoms with E-state index >= 15 is 0 Å². The van der Waals surface area contributed by atoms with Gasteiger partial charge in [0, 0.05) is 23.3 Å². The fraction of sp³-hybridized carbons (Fsp3) is 0.800. The van der Waals surface area contributed by atoms with E-state index in [-0.39, 0.29) is 4.91 Å². The molecule has 15 heavy (non-hydrogen) atoms. The molecule has 88 valence electrons. The summed E-state index contributed by atoms with van der Waals surface area (Å²) in [5.74, 6) is 0.383. The predicted octanol–water partition coefficient (Wildman–Crippen LogP) is 2.19. The van der Waals surface area contributed by atoms with Gasteiger partial charge in [0.1, 0.15) is 0 Å². The van der Waals surface area contributed by atoms with Crippen molar-refractivity contribution in [2.45, 2.75) is 32.7 Å². The molecule has 1 aliphatic rings. The van der Waals surface area contributed by atoms with Crippen LogP contribution in [0.15, 0.2) is 11.5 Å². The van der Waals surface area contributed by atoms with Crippen molar-refractivity contribution in [3.8, 4) is 0 Å². The predicted molar refractivity (Wildman–Crippen MR) is 63.3 cm³/mol. The van der Waals surface area contributed by atoms with Gasteiger partial charge in [-0.1, -0.05) is 6.58 Å². The molecule has 1 unspecified atom stereocenters. The number of nitrogens with zero attached hydrogens (tertiary/aromatic N) is 1. The summed E-state index contributed by atoms with van der Waals surface area (Å²) in [6, 6.07) is 0.524. The first kappa shape index (κ1) is 13.0. The summed E-state index contributed by atoms with van der Waals surface area (Å²) in [7, 11) is 1.65. The molecule has 0 N–H and O–H groups in total. The van der Waals surface area contributed by atoms with Gasteiger partial charge in [0.2, 0.25) is 0 Å². The molecule has 5 heteroatoms. The molecule has 1 rings (SSSR count). The van der Waals surface area contributed by atoms with Crippen molar-refractivity contribution in [3.05, 3.63) is 11.5 Å². The Labute approximate surface area is 96.5 Å². The van der Waals surface area contributed by atoms with E-state index in [1.165, 1.54) is 0 Å². The first-order valence-electron chi connectivity index (χ1n) is 5.17. The number of rotatable bonds is 4. The average Bonchev–Trinajstić information content (AvgIpc) is 2.50. The van der Waals surface area contributed by atoms with E-state index in [1.807, 2.05) is 0 Å². The zero-order chi connectivity index (χ0) is 11.6. The number of hydrogen-bond donors (Lipinski definition) is 0. The highest BCUT2D eigenvalue weighted by Crippen LogP contribution is 2.27. The van der Waals surface area contributed by atoms with Crippen molar-refractivity contribution in [2.75, 3.05) is 13.1 Å². The van der Waals surface area contributed by atoms with Crippen LogP contribution in [0.1, 0.15) is 26.7 Å². The molecule has 0 aromatic carbocycles. The highest BCUT2D eigenvalue weighted by molar-refractivity contribution is 8.16. The lowest BCUT2D eigenvalue weighted by molar-refractivity contribution is 0.265. The summed E-state index contributed by atoms with van der Waals surface area (Å²) in [5, 5.41) is 0. The normalized spacial score (nSPS) is 23.6. The summed E-state index contributed by atoms with van der Waals surface area (Å²) in [6.07, 6.45) is 1.53. The number of allylic oxidation sites excluding steroid dienone is 1. The van der Waals surface area contributed by atoms with Crippen LogP contribution in [0.25, 0.3) is 0 Å². The second kappa shape index (κ2) is 4.85. The molecule has 0 amide bonds. The molecule has 0 saturated carbocycles. The monoisotopic (exact) mass is 251 g/mol. The molecule has 0 aromatic rings. The smallest absolute Gasteiger partial charge is 0.256 e. The van der Waals surface area contributed by atoms with Gasteiger partial charge < -0.3 is 4.90 Å². The van der Waals surface area contributed by atoms with E-state index in [9.17, 15) is 8.42 Å². The van der Waals surface area contributed by atoms with Gasteiger partial charge in [-0.05, 0) is 39.2 Å². The Hall–Kier alpha value is -0.0600. The highest BCUT2D eigenvalue weighted by atomic mass is 35.7. The van der Waals surface area contributed by atoms with Crippen LogP contribution < -0.4 is 0 Å². The molecular weight excluding hydrogens is 234 g/mol. The van der Waals surface area contributed by atoms with Gasteiger partial charge in [-0.15, -0.1) is 0 Å². The second-order valence-electron chi connectivity index (χ2n) is 4.42. The van der Waals surface area contributed by atoms with Gasteiger partial charge in [0.25, 0.3) is 9.05 Å². The number of hydrogen-bond acceptors (Lipinski definition) is 3. The van der Waals surface area contributed by atoms with Crippen LogP contribution in [0.2, 0.25) is 0 Å². The molecule has 1 atom stereocenters. The van der Waals surface area contributed by atoms with Gasteiger partial charge in [-0.3, -0.25) is 0 Å². The first-order valence-corrected chi connectivity index (χ1v) is 7.48. The van der Waals surface area contributed by atoms with E-state index in [2.05, 4.69) is 25.3 Å². The Morgan fingerprint density at radius 2 is 2.20 bits per heavy atom. The van der Waals surface area contributed by atoms with Crippen LogP contribution in [-0.4, -0.2) is 32.4 Å². The van der Waals surface area contributed by atoms with E-state index in [4.69, 9.17) is 10.7 Å². The van der Waals surface area contributed by atoms with E-state index < -0.39 is 9.05 Å². The zero-order valence-corrected chi connectivity index (χ0v) is 10.8. The minimum Gasteiger partial charge on any atom is -0.301 e. The maximum absolute atomic E-state index is 11.0. The fourth-order valence-electron chi connectivity index (χ4n) is 1.92. The minimum atomic E-state index is -3.57. The Morgan fingerprint density at radius 3 is 2.60 bits per heavy atom. The van der Waals surface area contributed by atoms with Crippen molar-refractivity contribution >= 4 is 19.7 Å². The minimum absolute atomic E-state index is 0.153. The summed E-state index contributed by atoms with van der Waals surface area (Å²) < 4.78 is 22.0. The zero-order valence-electron chi connectivity index (χ0n) is 9.24. The highest BCUT2D eigenvalue weighted by Gasteiger charge is 2.26. The number of halogens is 1. The third-order valence-corrected chi connectivity index (χ3v) is 4.42. The molecule has 1 saturated heterocycles. The molecule has 0 spiro atoms. The molecule has 3 nitrogen and oxygen atoms in total. The lowest BCUT2D eigenvalue weighted by Gasteiger charge is -2.20. The summed E-state index contributed by atoms with van der Waals surface area (Å²) in [5.41, 5.74) is 0. The summed E-state index contributed by atoms with van der Waals surface area (Å²) in [6.45, 7) is 9.80. The Balaban J connectivity index is 2.47. The lowest BCUT2D eigenvalue weighted by Crippen LogP contribution is -2.28. The Morgan fingerprint density at radius 1 is 1.60 bits per heavy atom. The molecule has 0 bridgehead atoms. The van der Waals surface area contributed by atoms with Gasteiger partial charge in [0.05, 0.1) is 4.91 Å². The van der Waals surface area contributed by atoms with Gasteiger partial charge in [0.15, 0.2) is 0 Å². The summed E-state index contributed by atoms with van der Waals surface area (Å²) in [4.78, 5) is 2.50. The summed E-state index contributed by atoms with van der Waals surface area (Å²) >= 11 is 0. The average molecular weight is 252 g/mol. The van der Waals surface area contributed by atoms with Crippen LogP contribution >= 0.6 is 10.7 Å². The SMILES string of the molecule is C=C(CC1CCN(C(C)C)C1)S(=O)(=O)Cl. The third-order valence-electron chi connectivity index (χ3n) is 2.91. The molecule has 1 aliphatic heterocycles. The maximum atomic E-state index is 11.0. The van der Waals surface area contributed by atoms with E-state index in [0.717, 1.165) is 19.5 Å². The van der Waals surface area contributed by atoms with Gasteiger partial charge in [-0.2, -0.15) is 0 Å². The fourth-order valence-corrected chi connectivity index (χ4v) is 2.54. The molecule has 1 fully saturated rings. The van der Waals surface area contributed by atoms with Crippen LogP contribution in [-0.2, 0) is 9.05 Å². The topological polar surface area (TPSA) is 37.4 Å². The van der Waals surface area contributed by atoms with Gasteiger partial charge >= 0.3 is 0 Å². The molecular formula is C10H18ClNO2S. The van der Waals surface area contributed by atoms with E-state index in [0.29, 0.717) is 18.4 Å². The molecule has 0 aromatic heterocycles. The van der Waals surface area contributed by atoms with Crippen molar-refractivity contribution < 1.29 is 8.42 Å². The number of likely N-dealkylation sites (tertiary alicyclic amines) is 1. The van der Waals surface area contributed by atoms with Crippen LogP contribution in [0.4, 0.5) is 0 Å². The largest absolute Gasteiger partial charge is 0.301 e. The van der Waals surface area contributed by atoms with Crippen molar-refractivity contribution in [1.82, 2.24) is 4.90 Å². The molecule has 0 aliphatic carbocycles. The quantitative estimate of drug-likeness (QED) is 0.719. The van der Waals surface area contributed by atoms with Crippen LogP contribution in [0.5, 0.6) is 0 Å². The van der Waals surface area contributed by atoms with Crippen LogP contribution in [0, 0.1) is 5.92 Å². The van der Waals surface area contributed by atoms with Crippen molar-refractivity contribution in [3.63, 3.8) is 0 Å². The Kier molecular flexibility index (Phi) is 4.20. The van der Waals surface area contributed by atoms with Crippen LogP contribution in [0.3, 0.4) is 0 Å². The standard InChI is InChI=1S/C10H18ClNO2S/c1-8(2)12-5-4-10(7-12)6-9(3)15(11,13)14/h8,10H,3-7H2,1-2H3. The molecule has 1 heterocycles. The van der Waals surface area contributed by atoms with Gasteiger partial charge in [-0.25, -0.2) is 8.42 Å².